The van der Waals surface area contributed by atoms with Crippen molar-refractivity contribution in [1.82, 2.24) is 4.98 Å². The Labute approximate surface area is 142 Å². The summed E-state index contributed by atoms with van der Waals surface area (Å²) >= 11 is 7.49. The minimum absolute atomic E-state index is 0.253. The second-order valence-electron chi connectivity index (χ2n) is 4.83. The van der Waals surface area contributed by atoms with Crippen LogP contribution < -0.4 is 5.32 Å². The number of nitrogens with zero attached hydrogens (tertiary/aromatic N) is 1. The number of aryl methyl sites for hydroxylation is 1. The number of rotatable bonds is 4. The molecule has 0 fully saturated rings. The Morgan fingerprint density at radius 3 is 2.96 bits per heavy atom. The number of anilines is 1. The zero-order chi connectivity index (χ0) is 16.2. The summed E-state index contributed by atoms with van der Waals surface area (Å²) in [6, 6.07) is 9.40. The molecular formula is C17H13ClN2O2S. The van der Waals surface area contributed by atoms with Crippen LogP contribution in [0.3, 0.4) is 0 Å². The SMILES string of the molecule is Cc1ccc(-c2ccc(C=CC(=O)Nc3nccs3)o2)cc1Cl. The van der Waals surface area contributed by atoms with E-state index >= 15 is 0 Å². The first-order chi connectivity index (χ1) is 11.1. The monoisotopic (exact) mass is 344 g/mol. The second-order valence-corrected chi connectivity index (χ2v) is 6.13. The molecule has 0 aliphatic heterocycles. The van der Waals surface area contributed by atoms with Crippen molar-refractivity contribution >= 4 is 40.1 Å². The van der Waals surface area contributed by atoms with Crippen LogP contribution in [0.2, 0.25) is 5.02 Å². The van der Waals surface area contributed by atoms with E-state index in [1.54, 1.807) is 23.7 Å². The van der Waals surface area contributed by atoms with E-state index in [9.17, 15) is 4.79 Å². The first-order valence-electron chi connectivity index (χ1n) is 6.87. The van der Waals surface area contributed by atoms with Crippen molar-refractivity contribution < 1.29 is 9.21 Å². The molecule has 3 rings (SSSR count). The van der Waals surface area contributed by atoms with Gasteiger partial charge in [-0.3, -0.25) is 10.1 Å². The number of hydrogen-bond donors (Lipinski definition) is 1. The molecule has 0 unspecified atom stereocenters. The van der Waals surface area contributed by atoms with Crippen molar-refractivity contribution in [3.63, 3.8) is 0 Å². The van der Waals surface area contributed by atoms with E-state index in [1.165, 1.54) is 17.4 Å². The highest BCUT2D eigenvalue weighted by Crippen LogP contribution is 2.27. The van der Waals surface area contributed by atoms with Gasteiger partial charge in [0.25, 0.3) is 0 Å². The summed E-state index contributed by atoms with van der Waals surface area (Å²) in [5.74, 6) is 1.04. The Morgan fingerprint density at radius 1 is 1.35 bits per heavy atom. The Hall–Kier alpha value is -2.37. The predicted octanol–water partition coefficient (Wildman–Crippen LogP) is 5.02. The molecule has 2 aromatic heterocycles. The van der Waals surface area contributed by atoms with Gasteiger partial charge in [0.1, 0.15) is 11.5 Å². The lowest BCUT2D eigenvalue weighted by Crippen LogP contribution is -2.06. The normalized spacial score (nSPS) is 11.0. The summed E-state index contributed by atoms with van der Waals surface area (Å²) in [5.41, 5.74) is 1.91. The standard InChI is InChI=1S/C17H13ClN2O2S/c1-11-2-3-12(10-14(11)18)15-6-4-13(22-15)5-7-16(21)20-17-19-8-9-23-17/h2-10H,1H3,(H,19,20,21). The van der Waals surface area contributed by atoms with E-state index in [-0.39, 0.29) is 5.91 Å². The van der Waals surface area contributed by atoms with E-state index in [2.05, 4.69) is 10.3 Å². The lowest BCUT2D eigenvalue weighted by molar-refractivity contribution is -0.111. The smallest absolute Gasteiger partial charge is 0.250 e. The number of aromatic nitrogens is 1. The molecule has 0 radical (unpaired) electrons. The summed E-state index contributed by atoms with van der Waals surface area (Å²) in [6.45, 7) is 1.95. The van der Waals surface area contributed by atoms with Gasteiger partial charge in [0, 0.05) is 28.2 Å². The fourth-order valence-corrected chi connectivity index (χ4v) is 2.65. The molecule has 0 aliphatic rings. The van der Waals surface area contributed by atoms with Gasteiger partial charge in [-0.1, -0.05) is 23.7 Å². The van der Waals surface area contributed by atoms with Crippen LogP contribution in [0.4, 0.5) is 5.13 Å². The molecular weight excluding hydrogens is 332 g/mol. The van der Waals surface area contributed by atoms with Gasteiger partial charge in [0.05, 0.1) is 0 Å². The van der Waals surface area contributed by atoms with Gasteiger partial charge >= 0.3 is 0 Å². The maximum Gasteiger partial charge on any atom is 0.250 e. The molecule has 1 N–H and O–H groups in total. The molecule has 1 aromatic carbocycles. The van der Waals surface area contributed by atoms with Gasteiger partial charge in [-0.25, -0.2) is 4.98 Å². The van der Waals surface area contributed by atoms with Crippen LogP contribution in [0.1, 0.15) is 11.3 Å². The van der Waals surface area contributed by atoms with Gasteiger partial charge in [0.2, 0.25) is 5.91 Å². The average Bonchev–Trinajstić information content (AvgIpc) is 3.19. The average molecular weight is 345 g/mol. The number of furan rings is 1. The molecule has 0 aliphatic carbocycles. The molecule has 1 amide bonds. The fourth-order valence-electron chi connectivity index (χ4n) is 1.93. The van der Waals surface area contributed by atoms with Crippen LogP contribution in [-0.2, 0) is 4.79 Å². The highest BCUT2D eigenvalue weighted by Gasteiger charge is 2.06. The molecule has 0 spiro atoms. The summed E-state index contributed by atoms with van der Waals surface area (Å²) in [7, 11) is 0. The molecule has 23 heavy (non-hydrogen) atoms. The maximum atomic E-state index is 11.8. The summed E-state index contributed by atoms with van der Waals surface area (Å²) < 4.78 is 5.71. The number of halogens is 1. The summed E-state index contributed by atoms with van der Waals surface area (Å²) in [6.07, 6.45) is 4.66. The van der Waals surface area contributed by atoms with E-state index in [4.69, 9.17) is 16.0 Å². The number of nitrogens with one attached hydrogen (secondary N) is 1. The van der Waals surface area contributed by atoms with Crippen LogP contribution in [0.25, 0.3) is 17.4 Å². The number of thiazole rings is 1. The van der Waals surface area contributed by atoms with Gasteiger partial charge in [-0.2, -0.15) is 0 Å². The Kier molecular flexibility index (Phi) is 4.60. The third-order valence-corrected chi connectivity index (χ3v) is 4.24. The van der Waals surface area contributed by atoms with E-state index in [1.807, 2.05) is 31.2 Å². The molecule has 0 saturated heterocycles. The van der Waals surface area contributed by atoms with Crippen molar-refractivity contribution in [2.24, 2.45) is 0 Å². The molecule has 2 heterocycles. The number of benzene rings is 1. The quantitative estimate of drug-likeness (QED) is 0.676. The topological polar surface area (TPSA) is 55.1 Å². The highest BCUT2D eigenvalue weighted by atomic mass is 35.5. The minimum atomic E-state index is -0.253. The lowest BCUT2D eigenvalue weighted by atomic mass is 10.1. The van der Waals surface area contributed by atoms with Crippen LogP contribution >= 0.6 is 22.9 Å². The molecule has 4 nitrogen and oxygen atoms in total. The minimum Gasteiger partial charge on any atom is -0.457 e. The first kappa shape index (κ1) is 15.5. The zero-order valence-electron chi connectivity index (χ0n) is 12.2. The van der Waals surface area contributed by atoms with E-state index in [0.717, 1.165) is 11.1 Å². The summed E-state index contributed by atoms with van der Waals surface area (Å²) in [5, 5.41) is 5.72. The number of carbonyl (C=O) groups is 1. The van der Waals surface area contributed by atoms with Crippen molar-refractivity contribution in [2.75, 3.05) is 5.32 Å². The molecule has 0 saturated carbocycles. The van der Waals surface area contributed by atoms with Gasteiger partial charge in [-0.05, 0) is 36.8 Å². The van der Waals surface area contributed by atoms with Crippen molar-refractivity contribution in [3.8, 4) is 11.3 Å². The Morgan fingerprint density at radius 2 is 2.22 bits per heavy atom. The predicted molar refractivity (Wildman–Crippen MR) is 93.7 cm³/mol. The maximum absolute atomic E-state index is 11.8. The van der Waals surface area contributed by atoms with E-state index in [0.29, 0.717) is 21.7 Å². The van der Waals surface area contributed by atoms with Crippen LogP contribution in [0.5, 0.6) is 0 Å². The molecule has 6 heteroatoms. The number of hydrogen-bond acceptors (Lipinski definition) is 4. The molecule has 116 valence electrons. The van der Waals surface area contributed by atoms with Gasteiger partial charge in [0.15, 0.2) is 5.13 Å². The summed E-state index contributed by atoms with van der Waals surface area (Å²) in [4.78, 5) is 15.7. The Balaban J connectivity index is 1.70. The first-order valence-corrected chi connectivity index (χ1v) is 8.12. The molecule has 0 atom stereocenters. The second kappa shape index (κ2) is 6.81. The zero-order valence-corrected chi connectivity index (χ0v) is 13.8. The Bertz CT molecular complexity index is 853. The van der Waals surface area contributed by atoms with Crippen LogP contribution in [0, 0.1) is 6.92 Å². The van der Waals surface area contributed by atoms with Crippen LogP contribution in [-0.4, -0.2) is 10.9 Å². The molecule has 3 aromatic rings. The van der Waals surface area contributed by atoms with E-state index < -0.39 is 0 Å². The number of carbonyl (C=O) groups excluding carboxylic acids is 1. The third-order valence-electron chi connectivity index (χ3n) is 3.14. The largest absolute Gasteiger partial charge is 0.457 e. The van der Waals surface area contributed by atoms with Gasteiger partial charge in [-0.15, -0.1) is 11.3 Å². The number of amides is 1. The van der Waals surface area contributed by atoms with Gasteiger partial charge < -0.3 is 4.42 Å². The van der Waals surface area contributed by atoms with Crippen molar-refractivity contribution in [2.45, 2.75) is 6.92 Å². The van der Waals surface area contributed by atoms with Crippen molar-refractivity contribution in [3.05, 3.63) is 64.3 Å². The highest BCUT2D eigenvalue weighted by molar-refractivity contribution is 7.13. The third kappa shape index (κ3) is 3.88. The lowest BCUT2D eigenvalue weighted by Gasteiger charge is -2.00. The fraction of sp³-hybridized carbons (Fsp3) is 0.0588. The van der Waals surface area contributed by atoms with Crippen molar-refractivity contribution in [1.29, 1.82) is 0 Å². The molecule has 0 bridgehead atoms. The van der Waals surface area contributed by atoms with Crippen LogP contribution in [0.15, 0.2) is 52.4 Å².